The number of amides is 1. The van der Waals surface area contributed by atoms with Crippen molar-refractivity contribution in [3.63, 3.8) is 0 Å². The fourth-order valence-electron chi connectivity index (χ4n) is 1.30. The van der Waals surface area contributed by atoms with Crippen LogP contribution < -0.4 is 5.32 Å². The molecule has 0 spiro atoms. The Balaban J connectivity index is 2.54. The Bertz CT molecular complexity index is 408. The van der Waals surface area contributed by atoms with E-state index in [9.17, 15) is 14.9 Å². The smallest absolute Gasteiger partial charge is 0.324 e. The van der Waals surface area contributed by atoms with Crippen LogP contribution >= 0.6 is 22.9 Å². The summed E-state index contributed by atoms with van der Waals surface area (Å²) in [6.45, 7) is 1.88. The van der Waals surface area contributed by atoms with Crippen LogP contribution in [0.15, 0.2) is 12.1 Å². The average Bonchev–Trinajstić information content (AvgIpc) is 2.75. The van der Waals surface area contributed by atoms with Gasteiger partial charge in [-0.25, -0.2) is 0 Å². The van der Waals surface area contributed by atoms with Gasteiger partial charge in [-0.15, -0.1) is 11.6 Å². The molecule has 0 aliphatic heterocycles. The van der Waals surface area contributed by atoms with E-state index in [1.54, 1.807) is 0 Å². The molecule has 0 aliphatic carbocycles. The molecule has 1 amide bonds. The Labute approximate surface area is 108 Å². The lowest BCUT2D eigenvalue weighted by atomic mass is 10.2. The molecule has 7 heteroatoms. The van der Waals surface area contributed by atoms with Crippen LogP contribution in [0.5, 0.6) is 0 Å². The first kappa shape index (κ1) is 13.9. The molecule has 1 atom stereocenters. The third-order valence-corrected chi connectivity index (χ3v) is 3.45. The molecule has 0 saturated carbocycles. The fourth-order valence-corrected chi connectivity index (χ4v) is 2.18. The summed E-state index contributed by atoms with van der Waals surface area (Å²) in [6, 6.07) is 2.82. The van der Waals surface area contributed by atoms with Gasteiger partial charge >= 0.3 is 5.00 Å². The second-order valence-corrected chi connectivity index (χ2v) is 5.04. The average molecular weight is 277 g/mol. The second kappa shape index (κ2) is 6.56. The van der Waals surface area contributed by atoms with Gasteiger partial charge in [0.2, 0.25) is 0 Å². The monoisotopic (exact) mass is 276 g/mol. The minimum Gasteiger partial charge on any atom is -0.349 e. The topological polar surface area (TPSA) is 72.2 Å². The number of rotatable bonds is 6. The maximum absolute atomic E-state index is 11.7. The maximum atomic E-state index is 11.7. The molecule has 0 saturated heterocycles. The predicted octanol–water partition coefficient (Wildman–Crippen LogP) is 2.79. The van der Waals surface area contributed by atoms with Gasteiger partial charge in [0.1, 0.15) is 0 Å². The van der Waals surface area contributed by atoms with Gasteiger partial charge in [0.15, 0.2) is 0 Å². The lowest BCUT2D eigenvalue weighted by Gasteiger charge is -2.11. The molecule has 0 radical (unpaired) electrons. The molecule has 17 heavy (non-hydrogen) atoms. The van der Waals surface area contributed by atoms with E-state index >= 15 is 0 Å². The van der Waals surface area contributed by atoms with Gasteiger partial charge in [-0.1, -0.05) is 11.3 Å². The van der Waals surface area contributed by atoms with Gasteiger partial charge < -0.3 is 5.32 Å². The number of halogens is 1. The maximum Gasteiger partial charge on any atom is 0.324 e. The van der Waals surface area contributed by atoms with E-state index in [2.05, 4.69) is 5.32 Å². The number of nitrogens with one attached hydrogen (secondary N) is 1. The predicted molar refractivity (Wildman–Crippen MR) is 67.9 cm³/mol. The normalized spacial score (nSPS) is 12.1. The summed E-state index contributed by atoms with van der Waals surface area (Å²) < 4.78 is 0. The number of carbonyl (C=O) groups excluding carboxylic acids is 1. The lowest BCUT2D eigenvalue weighted by Crippen LogP contribution is -2.31. The molecule has 0 fully saturated rings. The van der Waals surface area contributed by atoms with Crippen LogP contribution in [-0.2, 0) is 0 Å². The third-order valence-electron chi connectivity index (χ3n) is 2.14. The van der Waals surface area contributed by atoms with Crippen molar-refractivity contribution in [3.05, 3.63) is 27.1 Å². The van der Waals surface area contributed by atoms with Crippen molar-refractivity contribution < 1.29 is 9.72 Å². The first-order valence-electron chi connectivity index (χ1n) is 5.15. The largest absolute Gasteiger partial charge is 0.349 e. The molecule has 0 aromatic carbocycles. The van der Waals surface area contributed by atoms with Crippen LogP contribution in [0.25, 0.3) is 0 Å². The Kier molecular flexibility index (Phi) is 5.37. The van der Waals surface area contributed by atoms with Crippen molar-refractivity contribution >= 4 is 33.8 Å². The highest BCUT2D eigenvalue weighted by molar-refractivity contribution is 7.17. The summed E-state index contributed by atoms with van der Waals surface area (Å²) in [6.07, 6.45) is 1.62. The molecule has 0 bridgehead atoms. The summed E-state index contributed by atoms with van der Waals surface area (Å²) in [5.74, 6) is 0.287. The van der Waals surface area contributed by atoms with E-state index in [1.807, 2.05) is 6.92 Å². The number of alkyl halides is 1. The zero-order chi connectivity index (χ0) is 12.8. The van der Waals surface area contributed by atoms with Crippen molar-refractivity contribution in [3.8, 4) is 0 Å². The highest BCUT2D eigenvalue weighted by Crippen LogP contribution is 2.23. The van der Waals surface area contributed by atoms with Crippen LogP contribution in [-0.4, -0.2) is 22.8 Å². The summed E-state index contributed by atoms with van der Waals surface area (Å²) in [5.41, 5.74) is 0. The molecule has 0 aliphatic rings. The van der Waals surface area contributed by atoms with E-state index < -0.39 is 4.92 Å². The summed E-state index contributed by atoms with van der Waals surface area (Å²) in [5, 5.41) is 13.2. The SMILES string of the molecule is CC(CCCCl)NC(=O)c1ccc([N+](=O)[O-])s1. The van der Waals surface area contributed by atoms with Crippen LogP contribution in [0.4, 0.5) is 5.00 Å². The Morgan fingerprint density at radius 3 is 2.88 bits per heavy atom. The van der Waals surface area contributed by atoms with Crippen molar-refractivity contribution in [2.24, 2.45) is 0 Å². The molecule has 1 N–H and O–H groups in total. The number of carbonyl (C=O) groups is 1. The number of nitro groups is 1. The zero-order valence-corrected chi connectivity index (χ0v) is 10.9. The summed E-state index contributed by atoms with van der Waals surface area (Å²) in [4.78, 5) is 22.0. The first-order chi connectivity index (χ1) is 8.04. The molecule has 1 heterocycles. The lowest BCUT2D eigenvalue weighted by molar-refractivity contribution is -0.380. The number of thiophene rings is 1. The quantitative estimate of drug-likeness (QED) is 0.493. The van der Waals surface area contributed by atoms with E-state index in [0.717, 1.165) is 24.2 Å². The van der Waals surface area contributed by atoms with Crippen molar-refractivity contribution in [2.45, 2.75) is 25.8 Å². The van der Waals surface area contributed by atoms with Gasteiger partial charge in [-0.2, -0.15) is 0 Å². The molecule has 1 aromatic heterocycles. The number of nitrogens with zero attached hydrogens (tertiary/aromatic N) is 1. The highest BCUT2D eigenvalue weighted by Gasteiger charge is 2.16. The van der Waals surface area contributed by atoms with Crippen LogP contribution in [0, 0.1) is 10.1 Å². The zero-order valence-electron chi connectivity index (χ0n) is 9.31. The van der Waals surface area contributed by atoms with Gasteiger partial charge in [0.05, 0.1) is 9.80 Å². The van der Waals surface area contributed by atoms with E-state index in [1.165, 1.54) is 12.1 Å². The fraction of sp³-hybridized carbons (Fsp3) is 0.500. The number of hydrogen-bond donors (Lipinski definition) is 1. The van der Waals surface area contributed by atoms with Crippen LogP contribution in [0.1, 0.15) is 29.4 Å². The molecule has 5 nitrogen and oxygen atoms in total. The Morgan fingerprint density at radius 1 is 1.65 bits per heavy atom. The molecule has 94 valence electrons. The Morgan fingerprint density at radius 2 is 2.35 bits per heavy atom. The van der Waals surface area contributed by atoms with Gasteiger partial charge in [-0.3, -0.25) is 14.9 Å². The van der Waals surface area contributed by atoms with Gasteiger partial charge in [0, 0.05) is 18.0 Å². The van der Waals surface area contributed by atoms with Gasteiger partial charge in [-0.05, 0) is 25.8 Å². The minimum absolute atomic E-state index is 0.0161. The number of hydrogen-bond acceptors (Lipinski definition) is 4. The molecule has 1 aromatic rings. The molecule has 1 unspecified atom stereocenters. The molecule has 1 rings (SSSR count). The van der Waals surface area contributed by atoms with E-state index in [4.69, 9.17) is 11.6 Å². The van der Waals surface area contributed by atoms with E-state index in [0.29, 0.717) is 10.8 Å². The Hall–Kier alpha value is -1.14. The van der Waals surface area contributed by atoms with Gasteiger partial charge in [0.25, 0.3) is 5.91 Å². The summed E-state index contributed by atoms with van der Waals surface area (Å²) in [7, 11) is 0. The summed E-state index contributed by atoms with van der Waals surface area (Å²) >= 11 is 6.43. The molecular weight excluding hydrogens is 264 g/mol. The molecular formula is C10H13ClN2O3S. The van der Waals surface area contributed by atoms with Crippen molar-refractivity contribution in [2.75, 3.05) is 5.88 Å². The standard InChI is InChI=1S/C10H13ClN2O3S/c1-7(3-2-6-11)12-10(14)8-4-5-9(17-8)13(15)16/h4-5,7H,2-3,6H2,1H3,(H,12,14). The van der Waals surface area contributed by atoms with Crippen molar-refractivity contribution in [1.29, 1.82) is 0 Å². The highest BCUT2D eigenvalue weighted by atomic mass is 35.5. The second-order valence-electron chi connectivity index (χ2n) is 3.60. The van der Waals surface area contributed by atoms with Crippen molar-refractivity contribution in [1.82, 2.24) is 5.32 Å². The van der Waals surface area contributed by atoms with E-state index in [-0.39, 0.29) is 17.0 Å². The third kappa shape index (κ3) is 4.32. The first-order valence-corrected chi connectivity index (χ1v) is 6.50. The van der Waals surface area contributed by atoms with Crippen LogP contribution in [0.3, 0.4) is 0 Å². The minimum atomic E-state index is -0.502. The van der Waals surface area contributed by atoms with Crippen LogP contribution in [0.2, 0.25) is 0 Å².